The third-order valence-electron chi connectivity index (χ3n) is 2.75. The lowest BCUT2D eigenvalue weighted by Crippen LogP contribution is -2.50. The van der Waals surface area contributed by atoms with Gasteiger partial charge in [-0.1, -0.05) is 6.92 Å². The van der Waals surface area contributed by atoms with Crippen LogP contribution >= 0.6 is 0 Å². The molecule has 0 rings (SSSR count). The second-order valence-electron chi connectivity index (χ2n) is 4.51. The average molecular weight is 281 g/mol. The molecule has 0 saturated carbocycles. The van der Waals surface area contributed by atoms with Gasteiger partial charge >= 0.3 is 5.97 Å². The summed E-state index contributed by atoms with van der Waals surface area (Å²) in [6, 6.07) is 0. The van der Waals surface area contributed by atoms with E-state index in [-0.39, 0.29) is 12.6 Å². The van der Waals surface area contributed by atoms with Gasteiger partial charge in [-0.25, -0.2) is 8.78 Å². The Bertz CT molecular complexity index is 252. The number of unbranched alkanes of at least 4 members (excludes halogenated alkanes) is 1. The van der Waals surface area contributed by atoms with Gasteiger partial charge in [0.15, 0.2) is 0 Å². The number of alkyl halides is 2. The largest absolute Gasteiger partial charge is 0.465 e. The Balaban J connectivity index is 3.97. The van der Waals surface area contributed by atoms with Gasteiger partial charge in [0, 0.05) is 6.61 Å². The molecule has 0 aliphatic rings. The molecule has 0 heterocycles. The van der Waals surface area contributed by atoms with Crippen LogP contribution in [-0.4, -0.2) is 44.3 Å². The highest BCUT2D eigenvalue weighted by Gasteiger charge is 2.32. The molecular weight excluding hydrogens is 256 g/mol. The zero-order chi connectivity index (χ0) is 14.7. The number of hydrogen-bond donors (Lipinski definition) is 1. The molecule has 0 aromatic carbocycles. The van der Waals surface area contributed by atoms with E-state index in [4.69, 9.17) is 9.47 Å². The van der Waals surface area contributed by atoms with Crippen LogP contribution in [0.15, 0.2) is 0 Å². The van der Waals surface area contributed by atoms with Crippen molar-refractivity contribution in [3.63, 3.8) is 0 Å². The van der Waals surface area contributed by atoms with E-state index in [1.54, 1.807) is 13.8 Å². The highest BCUT2D eigenvalue weighted by atomic mass is 19.3. The molecule has 0 aliphatic carbocycles. The van der Waals surface area contributed by atoms with Crippen molar-refractivity contribution in [1.82, 2.24) is 5.32 Å². The molecule has 0 amide bonds. The molecule has 19 heavy (non-hydrogen) atoms. The lowest BCUT2D eigenvalue weighted by molar-refractivity contribution is -0.150. The van der Waals surface area contributed by atoms with Crippen molar-refractivity contribution in [2.24, 2.45) is 0 Å². The van der Waals surface area contributed by atoms with Crippen LogP contribution in [-0.2, 0) is 14.3 Å². The van der Waals surface area contributed by atoms with Crippen molar-refractivity contribution in [1.29, 1.82) is 0 Å². The quantitative estimate of drug-likeness (QED) is 0.466. The van der Waals surface area contributed by atoms with Gasteiger partial charge in [0.05, 0.1) is 6.61 Å². The summed E-state index contributed by atoms with van der Waals surface area (Å²) in [7, 11) is 0. The Labute approximate surface area is 113 Å². The van der Waals surface area contributed by atoms with Crippen molar-refractivity contribution in [3.8, 4) is 0 Å². The van der Waals surface area contributed by atoms with Crippen molar-refractivity contribution in [3.05, 3.63) is 0 Å². The summed E-state index contributed by atoms with van der Waals surface area (Å²) in [6.07, 6.45) is -0.470. The minimum Gasteiger partial charge on any atom is -0.465 e. The molecule has 0 saturated heterocycles. The summed E-state index contributed by atoms with van der Waals surface area (Å²) in [5.41, 5.74) is -0.715. The first-order valence-corrected chi connectivity index (χ1v) is 6.74. The minimum atomic E-state index is -2.42. The van der Waals surface area contributed by atoms with E-state index in [0.29, 0.717) is 32.4 Å². The fourth-order valence-corrected chi connectivity index (χ4v) is 1.80. The van der Waals surface area contributed by atoms with Crippen molar-refractivity contribution < 1.29 is 23.0 Å². The van der Waals surface area contributed by atoms with E-state index >= 15 is 0 Å². The van der Waals surface area contributed by atoms with Gasteiger partial charge < -0.3 is 14.8 Å². The number of hydrogen-bond acceptors (Lipinski definition) is 4. The Kier molecular flexibility index (Phi) is 9.69. The van der Waals surface area contributed by atoms with Crippen LogP contribution in [0, 0.1) is 0 Å². The van der Waals surface area contributed by atoms with E-state index < -0.39 is 18.6 Å². The van der Waals surface area contributed by atoms with Crippen LogP contribution in [0.5, 0.6) is 0 Å². The van der Waals surface area contributed by atoms with E-state index in [0.717, 1.165) is 0 Å². The Morgan fingerprint density at radius 2 is 2.00 bits per heavy atom. The second-order valence-corrected chi connectivity index (χ2v) is 4.51. The minimum absolute atomic E-state index is 0.273. The van der Waals surface area contributed by atoms with Crippen LogP contribution in [0.25, 0.3) is 0 Å². The molecule has 0 aromatic heterocycles. The Hall–Kier alpha value is -0.750. The zero-order valence-electron chi connectivity index (χ0n) is 12.0. The van der Waals surface area contributed by atoms with Crippen molar-refractivity contribution in [2.45, 2.75) is 52.0 Å². The van der Waals surface area contributed by atoms with Gasteiger partial charge in [-0.05, 0) is 39.7 Å². The van der Waals surface area contributed by atoms with E-state index in [1.165, 1.54) is 0 Å². The maximum Gasteiger partial charge on any atom is 0.326 e. The third kappa shape index (κ3) is 8.10. The number of carbonyl (C=O) groups is 1. The maximum absolute atomic E-state index is 11.8. The van der Waals surface area contributed by atoms with Crippen molar-refractivity contribution >= 4 is 5.97 Å². The molecule has 0 bridgehead atoms. The topological polar surface area (TPSA) is 47.6 Å². The Morgan fingerprint density at radius 1 is 1.32 bits per heavy atom. The number of halogens is 2. The standard InChI is InChI=1S/C13H25F2NO3/c1-4-16-13(3,12(17)19-5-2)8-6-7-9-18-10-11(14)15/h11,16H,4-10H2,1-3H3. The lowest BCUT2D eigenvalue weighted by Gasteiger charge is -2.28. The highest BCUT2D eigenvalue weighted by molar-refractivity contribution is 5.80. The van der Waals surface area contributed by atoms with E-state index in [2.05, 4.69) is 5.32 Å². The van der Waals surface area contributed by atoms with Crippen molar-refractivity contribution in [2.75, 3.05) is 26.4 Å². The maximum atomic E-state index is 11.8. The van der Waals surface area contributed by atoms with E-state index in [1.807, 2.05) is 6.92 Å². The molecule has 1 atom stereocenters. The van der Waals surface area contributed by atoms with Gasteiger partial charge in [-0.2, -0.15) is 0 Å². The van der Waals surface area contributed by atoms with Crippen LogP contribution in [0.3, 0.4) is 0 Å². The predicted octanol–water partition coefficient (Wildman–Crippen LogP) is 2.37. The Morgan fingerprint density at radius 3 is 2.53 bits per heavy atom. The molecule has 0 spiro atoms. The molecule has 0 aliphatic heterocycles. The molecule has 114 valence electrons. The van der Waals surface area contributed by atoms with Gasteiger partial charge in [0.2, 0.25) is 0 Å². The molecular formula is C13H25F2NO3. The molecule has 0 aromatic rings. The molecule has 0 radical (unpaired) electrons. The number of likely N-dealkylation sites (N-methyl/N-ethyl adjacent to an activating group) is 1. The average Bonchev–Trinajstić information content (AvgIpc) is 2.34. The summed E-state index contributed by atoms with van der Waals surface area (Å²) in [6.45, 7) is 6.26. The summed E-state index contributed by atoms with van der Waals surface area (Å²) >= 11 is 0. The van der Waals surface area contributed by atoms with Gasteiger partial charge in [-0.15, -0.1) is 0 Å². The van der Waals surface area contributed by atoms with Crippen LogP contribution in [0.4, 0.5) is 8.78 Å². The zero-order valence-corrected chi connectivity index (χ0v) is 12.0. The van der Waals surface area contributed by atoms with Crippen LogP contribution in [0.1, 0.15) is 40.0 Å². The summed E-state index contributed by atoms with van der Waals surface area (Å²) in [5.74, 6) is -0.273. The molecule has 0 fully saturated rings. The fraction of sp³-hybridized carbons (Fsp3) is 0.923. The SMILES string of the molecule is CCNC(C)(CCCCOCC(F)F)C(=O)OCC. The number of ether oxygens (including phenoxy) is 2. The molecule has 4 nitrogen and oxygen atoms in total. The van der Waals surface area contributed by atoms with Gasteiger partial charge in [-0.3, -0.25) is 4.79 Å². The lowest BCUT2D eigenvalue weighted by atomic mass is 9.95. The van der Waals surface area contributed by atoms with E-state index in [9.17, 15) is 13.6 Å². The van der Waals surface area contributed by atoms with Gasteiger partial charge in [0.1, 0.15) is 12.1 Å². The first-order valence-electron chi connectivity index (χ1n) is 6.74. The first-order chi connectivity index (χ1) is 8.96. The second kappa shape index (κ2) is 10.1. The van der Waals surface area contributed by atoms with Crippen LogP contribution in [0.2, 0.25) is 0 Å². The number of rotatable bonds is 11. The van der Waals surface area contributed by atoms with Crippen LogP contribution < -0.4 is 5.32 Å². The number of nitrogens with one attached hydrogen (secondary N) is 1. The molecule has 1 N–H and O–H groups in total. The summed E-state index contributed by atoms with van der Waals surface area (Å²) in [5, 5.41) is 3.12. The number of esters is 1. The molecule has 1 unspecified atom stereocenters. The summed E-state index contributed by atoms with van der Waals surface area (Å²) in [4.78, 5) is 11.8. The fourth-order valence-electron chi connectivity index (χ4n) is 1.80. The third-order valence-corrected chi connectivity index (χ3v) is 2.75. The highest BCUT2D eigenvalue weighted by Crippen LogP contribution is 2.16. The molecule has 6 heteroatoms. The predicted molar refractivity (Wildman–Crippen MR) is 69.4 cm³/mol. The normalized spacial score (nSPS) is 14.4. The monoisotopic (exact) mass is 281 g/mol. The summed E-state index contributed by atoms with van der Waals surface area (Å²) < 4.78 is 33.5. The number of carbonyl (C=O) groups excluding carboxylic acids is 1. The first kappa shape index (κ1) is 18.2. The van der Waals surface area contributed by atoms with Gasteiger partial charge in [0.25, 0.3) is 6.43 Å². The smallest absolute Gasteiger partial charge is 0.326 e.